The van der Waals surface area contributed by atoms with Crippen molar-refractivity contribution >= 4 is 23.2 Å². The van der Waals surface area contributed by atoms with Gasteiger partial charge in [-0.2, -0.15) is 0 Å². The first-order valence-corrected chi connectivity index (χ1v) is 7.70. The second-order valence-electron chi connectivity index (χ2n) is 5.23. The summed E-state index contributed by atoms with van der Waals surface area (Å²) in [6, 6.07) is 6.13. The Hall–Kier alpha value is -1.03. The molecule has 2 N–H and O–H groups in total. The molecule has 0 amide bonds. The van der Waals surface area contributed by atoms with E-state index >= 15 is 0 Å². The fourth-order valence-corrected chi connectivity index (χ4v) is 3.18. The Balaban J connectivity index is 1.69. The predicted octanol–water partition coefficient (Wildman–Crippen LogP) is 4.42. The molecule has 0 saturated heterocycles. The third-order valence-electron chi connectivity index (χ3n) is 3.76. The molecule has 0 radical (unpaired) electrons. The van der Waals surface area contributed by atoms with Crippen LogP contribution in [0.4, 0.5) is 0 Å². The first-order valence-electron chi connectivity index (χ1n) is 6.95. The average molecular weight is 310 g/mol. The molecule has 0 aliphatic heterocycles. The normalized spacial score (nSPS) is 15.9. The van der Waals surface area contributed by atoms with Gasteiger partial charge in [0.05, 0.1) is 23.5 Å². The summed E-state index contributed by atoms with van der Waals surface area (Å²) in [5, 5.41) is 4.81. The lowest BCUT2D eigenvalue weighted by atomic mass is 10.2. The molecule has 1 saturated carbocycles. The highest BCUT2D eigenvalue weighted by Gasteiger charge is 2.14. The van der Waals surface area contributed by atoms with Gasteiger partial charge in [-0.1, -0.05) is 36.0 Å². The van der Waals surface area contributed by atoms with Crippen LogP contribution < -0.4 is 5.32 Å². The Morgan fingerprint density at radius 3 is 2.80 bits per heavy atom. The van der Waals surface area contributed by atoms with E-state index in [0.717, 1.165) is 23.6 Å². The largest absolute Gasteiger partial charge is 0.341 e. The van der Waals surface area contributed by atoms with Crippen LogP contribution in [0.25, 0.3) is 11.3 Å². The van der Waals surface area contributed by atoms with E-state index in [0.29, 0.717) is 16.1 Å². The molecule has 2 aromatic rings. The van der Waals surface area contributed by atoms with Crippen molar-refractivity contribution in [3.05, 3.63) is 40.3 Å². The van der Waals surface area contributed by atoms with Gasteiger partial charge in [0.1, 0.15) is 5.82 Å². The van der Waals surface area contributed by atoms with E-state index in [2.05, 4.69) is 15.3 Å². The number of halogens is 2. The van der Waals surface area contributed by atoms with E-state index in [1.807, 2.05) is 18.3 Å². The summed E-state index contributed by atoms with van der Waals surface area (Å²) in [4.78, 5) is 7.72. The second-order valence-corrected chi connectivity index (χ2v) is 6.07. The lowest BCUT2D eigenvalue weighted by molar-refractivity contribution is 0.515. The van der Waals surface area contributed by atoms with Crippen LogP contribution in [0, 0.1) is 0 Å². The van der Waals surface area contributed by atoms with Gasteiger partial charge < -0.3 is 10.3 Å². The number of benzene rings is 1. The molecule has 0 unspecified atom stereocenters. The van der Waals surface area contributed by atoms with Crippen molar-refractivity contribution in [2.75, 3.05) is 0 Å². The Morgan fingerprint density at radius 1 is 1.25 bits per heavy atom. The number of hydrogen-bond acceptors (Lipinski definition) is 2. The van der Waals surface area contributed by atoms with Gasteiger partial charge >= 0.3 is 0 Å². The molecule has 1 fully saturated rings. The van der Waals surface area contributed by atoms with E-state index < -0.39 is 0 Å². The molecule has 0 bridgehead atoms. The fourth-order valence-electron chi connectivity index (χ4n) is 2.67. The number of H-pyrrole nitrogens is 1. The maximum atomic E-state index is 6.21. The first-order chi connectivity index (χ1) is 9.72. The van der Waals surface area contributed by atoms with Crippen LogP contribution in [0.5, 0.6) is 0 Å². The lowest BCUT2D eigenvalue weighted by Gasteiger charge is -2.09. The first kappa shape index (κ1) is 13.9. The molecule has 3 rings (SSSR count). The number of rotatable bonds is 4. The number of hydrogen-bond donors (Lipinski definition) is 2. The van der Waals surface area contributed by atoms with Crippen molar-refractivity contribution in [3.63, 3.8) is 0 Å². The molecule has 3 nitrogen and oxygen atoms in total. The highest BCUT2D eigenvalue weighted by Crippen LogP contribution is 2.29. The smallest absolute Gasteiger partial charge is 0.120 e. The van der Waals surface area contributed by atoms with Crippen molar-refractivity contribution in [1.29, 1.82) is 0 Å². The highest BCUT2D eigenvalue weighted by atomic mass is 35.5. The van der Waals surface area contributed by atoms with Crippen molar-refractivity contribution in [2.45, 2.75) is 38.3 Å². The van der Waals surface area contributed by atoms with E-state index in [1.165, 1.54) is 25.7 Å². The van der Waals surface area contributed by atoms with Gasteiger partial charge in [-0.05, 0) is 31.0 Å². The van der Waals surface area contributed by atoms with Gasteiger partial charge in [-0.3, -0.25) is 0 Å². The number of nitrogens with zero attached hydrogens (tertiary/aromatic N) is 1. The summed E-state index contributed by atoms with van der Waals surface area (Å²) in [5.41, 5.74) is 1.85. The molecule has 1 aromatic heterocycles. The van der Waals surface area contributed by atoms with Gasteiger partial charge in [0, 0.05) is 16.6 Å². The zero-order valence-corrected chi connectivity index (χ0v) is 12.6. The Kier molecular flexibility index (Phi) is 4.29. The molecule has 0 atom stereocenters. The van der Waals surface area contributed by atoms with Crippen LogP contribution in [-0.2, 0) is 6.54 Å². The summed E-state index contributed by atoms with van der Waals surface area (Å²) < 4.78 is 0. The summed E-state index contributed by atoms with van der Waals surface area (Å²) in [6.45, 7) is 0.774. The maximum Gasteiger partial charge on any atom is 0.120 e. The average Bonchev–Trinajstić information content (AvgIpc) is 3.07. The molecular weight excluding hydrogens is 293 g/mol. The molecular formula is C15H17Cl2N3. The quantitative estimate of drug-likeness (QED) is 0.878. The monoisotopic (exact) mass is 309 g/mol. The van der Waals surface area contributed by atoms with Gasteiger partial charge in [-0.25, -0.2) is 4.98 Å². The molecule has 5 heteroatoms. The summed E-state index contributed by atoms with van der Waals surface area (Å²) in [5.74, 6) is 0.943. The molecule has 1 aromatic carbocycles. The SMILES string of the molecule is Clc1ccc(-c2cnc(CNC3CCCC3)[nH]2)c(Cl)c1. The molecule has 1 aliphatic carbocycles. The summed E-state index contributed by atoms with van der Waals surface area (Å²) in [7, 11) is 0. The van der Waals surface area contributed by atoms with Crippen LogP contribution in [0.1, 0.15) is 31.5 Å². The standard InChI is InChI=1S/C15H17Cl2N3/c16-10-5-6-12(13(17)7-10)14-8-19-15(20-14)9-18-11-3-1-2-4-11/h5-8,11,18H,1-4,9H2,(H,19,20). The maximum absolute atomic E-state index is 6.21. The van der Waals surface area contributed by atoms with Crippen molar-refractivity contribution in [2.24, 2.45) is 0 Å². The third-order valence-corrected chi connectivity index (χ3v) is 4.31. The molecule has 20 heavy (non-hydrogen) atoms. The molecule has 0 spiro atoms. The van der Waals surface area contributed by atoms with Gasteiger partial charge in [0.25, 0.3) is 0 Å². The molecule has 1 aliphatic rings. The van der Waals surface area contributed by atoms with Crippen LogP contribution >= 0.6 is 23.2 Å². The van der Waals surface area contributed by atoms with Gasteiger partial charge in [0.15, 0.2) is 0 Å². The van der Waals surface area contributed by atoms with E-state index in [1.54, 1.807) is 6.07 Å². The fraction of sp³-hybridized carbons (Fsp3) is 0.400. The second kappa shape index (κ2) is 6.17. The minimum absolute atomic E-state index is 0.636. The predicted molar refractivity (Wildman–Crippen MR) is 83.1 cm³/mol. The van der Waals surface area contributed by atoms with Gasteiger partial charge in [0.2, 0.25) is 0 Å². The highest BCUT2D eigenvalue weighted by molar-refractivity contribution is 6.36. The minimum Gasteiger partial charge on any atom is -0.341 e. The van der Waals surface area contributed by atoms with Crippen LogP contribution in [0.3, 0.4) is 0 Å². The van der Waals surface area contributed by atoms with Crippen molar-refractivity contribution in [3.8, 4) is 11.3 Å². The van der Waals surface area contributed by atoms with Gasteiger partial charge in [-0.15, -0.1) is 0 Å². The third kappa shape index (κ3) is 3.17. The number of imidazole rings is 1. The van der Waals surface area contributed by atoms with E-state index in [9.17, 15) is 0 Å². The molecule has 1 heterocycles. The Morgan fingerprint density at radius 2 is 2.05 bits per heavy atom. The summed E-state index contributed by atoms with van der Waals surface area (Å²) >= 11 is 12.1. The zero-order chi connectivity index (χ0) is 13.9. The number of nitrogens with one attached hydrogen (secondary N) is 2. The molecule has 106 valence electrons. The Bertz CT molecular complexity index is 589. The topological polar surface area (TPSA) is 40.7 Å². The Labute approximate surface area is 128 Å². The van der Waals surface area contributed by atoms with Crippen molar-refractivity contribution in [1.82, 2.24) is 15.3 Å². The minimum atomic E-state index is 0.636. The number of aromatic amines is 1. The zero-order valence-electron chi connectivity index (χ0n) is 11.1. The van der Waals surface area contributed by atoms with Crippen LogP contribution in [0.2, 0.25) is 10.0 Å². The van der Waals surface area contributed by atoms with Crippen LogP contribution in [-0.4, -0.2) is 16.0 Å². The van der Waals surface area contributed by atoms with E-state index in [-0.39, 0.29) is 0 Å². The van der Waals surface area contributed by atoms with Crippen molar-refractivity contribution < 1.29 is 0 Å². The summed E-state index contributed by atoms with van der Waals surface area (Å²) in [6.07, 6.45) is 7.04. The number of aromatic nitrogens is 2. The van der Waals surface area contributed by atoms with Crippen LogP contribution in [0.15, 0.2) is 24.4 Å². The van der Waals surface area contributed by atoms with E-state index in [4.69, 9.17) is 23.2 Å². The lowest BCUT2D eigenvalue weighted by Crippen LogP contribution is -2.25.